The number of hydrogen-bond donors (Lipinski definition) is 4. The van der Waals surface area contributed by atoms with Crippen molar-refractivity contribution in [2.24, 2.45) is 5.10 Å². The van der Waals surface area contributed by atoms with Gasteiger partial charge in [-0.2, -0.15) is 5.10 Å². The summed E-state index contributed by atoms with van der Waals surface area (Å²) in [6.45, 7) is 3.62. The van der Waals surface area contributed by atoms with Crippen molar-refractivity contribution in [1.29, 1.82) is 0 Å². The molecular formula is C26H32N4O8. The van der Waals surface area contributed by atoms with Crippen LogP contribution >= 0.6 is 0 Å². The first-order chi connectivity index (χ1) is 18.3. The van der Waals surface area contributed by atoms with Crippen LogP contribution in [0.3, 0.4) is 0 Å². The molecule has 0 aromatic heterocycles. The van der Waals surface area contributed by atoms with Gasteiger partial charge in [-0.25, -0.2) is 9.59 Å². The molecular weight excluding hydrogens is 496 g/mol. The molecule has 38 heavy (non-hydrogen) atoms. The van der Waals surface area contributed by atoms with Crippen LogP contribution in [0.15, 0.2) is 52.8 Å². The van der Waals surface area contributed by atoms with Gasteiger partial charge in [0, 0.05) is 11.3 Å². The lowest BCUT2D eigenvalue weighted by Gasteiger charge is -2.28. The molecule has 2 aromatic carbocycles. The minimum absolute atomic E-state index is 0.150. The molecule has 3 rings (SSSR count). The Bertz CT molecular complexity index is 1210. The molecule has 1 heterocycles. The van der Waals surface area contributed by atoms with E-state index < -0.39 is 24.3 Å². The molecule has 0 aliphatic carbocycles. The Morgan fingerprint density at radius 1 is 1.13 bits per heavy atom. The molecule has 0 unspecified atom stereocenters. The molecule has 0 saturated carbocycles. The lowest BCUT2D eigenvalue weighted by Crippen LogP contribution is -2.45. The minimum Gasteiger partial charge on any atom is -0.493 e. The molecule has 2 amide bonds. The molecule has 1 aliphatic heterocycles. The summed E-state index contributed by atoms with van der Waals surface area (Å²) in [4.78, 5) is 24.5. The first-order valence-corrected chi connectivity index (χ1v) is 11.8. The van der Waals surface area contributed by atoms with Crippen LogP contribution < -0.4 is 35.0 Å². The Morgan fingerprint density at radius 2 is 1.92 bits per heavy atom. The number of amides is 2. The van der Waals surface area contributed by atoms with Crippen molar-refractivity contribution in [3.8, 4) is 23.0 Å². The van der Waals surface area contributed by atoms with Crippen LogP contribution in [0.1, 0.15) is 31.0 Å². The average molecular weight is 529 g/mol. The second kappa shape index (κ2) is 13.2. The van der Waals surface area contributed by atoms with Gasteiger partial charge in [0.2, 0.25) is 0 Å². The van der Waals surface area contributed by atoms with Crippen molar-refractivity contribution in [2.45, 2.75) is 26.1 Å². The number of rotatable bonds is 12. The summed E-state index contributed by atoms with van der Waals surface area (Å²) in [5.41, 5.74) is 4.50. The van der Waals surface area contributed by atoms with E-state index in [1.165, 1.54) is 20.4 Å². The Hall–Kier alpha value is -4.45. The van der Waals surface area contributed by atoms with Crippen molar-refractivity contribution < 1.29 is 38.4 Å². The maximum absolute atomic E-state index is 12.4. The number of ether oxygens (including phenoxy) is 5. The number of esters is 1. The number of nitrogens with zero attached hydrogens (tertiary/aromatic N) is 1. The Balaban J connectivity index is 1.71. The second-order valence-corrected chi connectivity index (χ2v) is 8.00. The Labute approximate surface area is 220 Å². The van der Waals surface area contributed by atoms with Gasteiger partial charge in [0.25, 0.3) is 0 Å². The highest BCUT2D eigenvalue weighted by Gasteiger charge is 2.32. The van der Waals surface area contributed by atoms with Crippen LogP contribution in [0.4, 0.5) is 4.79 Å². The van der Waals surface area contributed by atoms with Crippen molar-refractivity contribution in [3.05, 3.63) is 58.8 Å². The zero-order valence-corrected chi connectivity index (χ0v) is 21.9. The third kappa shape index (κ3) is 6.65. The molecule has 12 heteroatoms. The predicted octanol–water partition coefficient (Wildman–Crippen LogP) is 2.22. The van der Waals surface area contributed by atoms with E-state index >= 15 is 0 Å². The van der Waals surface area contributed by atoms with E-state index in [9.17, 15) is 14.7 Å². The average Bonchev–Trinajstić information content (AvgIpc) is 2.91. The molecule has 2 aromatic rings. The maximum Gasteiger partial charge on any atom is 0.337 e. The summed E-state index contributed by atoms with van der Waals surface area (Å²) in [6.07, 6.45) is 0.351. The molecule has 0 bridgehead atoms. The van der Waals surface area contributed by atoms with Gasteiger partial charge < -0.3 is 39.4 Å². The quantitative estimate of drug-likeness (QED) is 0.141. The minimum atomic E-state index is -1.14. The van der Waals surface area contributed by atoms with Crippen LogP contribution in [-0.4, -0.2) is 64.1 Å². The molecule has 12 nitrogen and oxygen atoms in total. The number of allylic oxidation sites excluding steroid dienone is 1. The number of aliphatic hydroxyl groups is 1. The number of carbonyl (C=O) groups excluding carboxylic acids is 2. The van der Waals surface area contributed by atoms with Gasteiger partial charge in [0.1, 0.15) is 6.61 Å². The summed E-state index contributed by atoms with van der Waals surface area (Å²) < 4.78 is 27.0. The van der Waals surface area contributed by atoms with Crippen molar-refractivity contribution in [3.63, 3.8) is 0 Å². The van der Waals surface area contributed by atoms with Gasteiger partial charge in [0.05, 0.1) is 45.8 Å². The predicted molar refractivity (Wildman–Crippen MR) is 139 cm³/mol. The smallest absolute Gasteiger partial charge is 0.337 e. The van der Waals surface area contributed by atoms with Crippen LogP contribution in [0.25, 0.3) is 0 Å². The summed E-state index contributed by atoms with van der Waals surface area (Å²) in [5, 5.41) is 19.7. The standard InChI is InChI=1S/C26H32N4O8/c1-6-37-20-12-16(23-22(25(32)36-5)15(2)28-26(33)29-23)10-11-18(20)38-14-21(31)30-27-13-17-8-7-9-19(34-3)24(17)35-4/h7-13,21,23,30-31H,6,14H2,1-5H3,(H2,28,29,33)/b27-13+/t21-,23-/m1/s1. The van der Waals surface area contributed by atoms with Crippen molar-refractivity contribution in [2.75, 3.05) is 34.5 Å². The number of aliphatic hydroxyl groups excluding tert-OH is 1. The number of carbonyl (C=O) groups is 2. The summed E-state index contributed by atoms with van der Waals surface area (Å²) in [7, 11) is 4.34. The summed E-state index contributed by atoms with van der Waals surface area (Å²) in [6, 6.07) is 9.14. The lowest BCUT2D eigenvalue weighted by atomic mass is 9.95. The first-order valence-electron chi connectivity index (χ1n) is 11.8. The van der Waals surface area contributed by atoms with Gasteiger partial charge in [-0.15, -0.1) is 0 Å². The molecule has 0 radical (unpaired) electrons. The van der Waals surface area contributed by atoms with Crippen LogP contribution in [0.5, 0.6) is 23.0 Å². The van der Waals surface area contributed by atoms with Crippen LogP contribution in [0, 0.1) is 0 Å². The van der Waals surface area contributed by atoms with Crippen LogP contribution in [-0.2, 0) is 9.53 Å². The van der Waals surface area contributed by atoms with E-state index in [-0.39, 0.29) is 12.2 Å². The van der Waals surface area contributed by atoms with Gasteiger partial charge in [-0.3, -0.25) is 5.43 Å². The number of benzene rings is 2. The zero-order chi connectivity index (χ0) is 27.7. The van der Waals surface area contributed by atoms with Crippen molar-refractivity contribution >= 4 is 18.2 Å². The highest BCUT2D eigenvalue weighted by Crippen LogP contribution is 2.35. The number of para-hydroxylation sites is 1. The molecule has 2 atom stereocenters. The number of nitrogens with one attached hydrogen (secondary N) is 3. The Morgan fingerprint density at radius 3 is 2.61 bits per heavy atom. The van der Waals surface area contributed by atoms with E-state index in [1.54, 1.807) is 50.4 Å². The number of urea groups is 1. The second-order valence-electron chi connectivity index (χ2n) is 8.00. The highest BCUT2D eigenvalue weighted by atomic mass is 16.5. The fourth-order valence-corrected chi connectivity index (χ4v) is 3.83. The number of hydrogen-bond acceptors (Lipinski definition) is 10. The fourth-order valence-electron chi connectivity index (χ4n) is 3.83. The molecule has 0 spiro atoms. The third-order valence-corrected chi connectivity index (χ3v) is 5.53. The largest absolute Gasteiger partial charge is 0.493 e. The molecule has 1 aliphatic rings. The molecule has 204 valence electrons. The summed E-state index contributed by atoms with van der Waals surface area (Å²) in [5.74, 6) is 1.23. The van der Waals surface area contributed by atoms with Crippen LogP contribution in [0.2, 0.25) is 0 Å². The van der Waals surface area contributed by atoms with E-state index in [4.69, 9.17) is 23.7 Å². The van der Waals surface area contributed by atoms with Gasteiger partial charge in [0.15, 0.2) is 29.2 Å². The molecule has 0 saturated heterocycles. The van der Waals surface area contributed by atoms with Gasteiger partial charge in [-0.05, 0) is 43.7 Å². The zero-order valence-electron chi connectivity index (χ0n) is 21.9. The van der Waals surface area contributed by atoms with E-state index in [0.717, 1.165) is 0 Å². The van der Waals surface area contributed by atoms with E-state index in [2.05, 4.69) is 21.2 Å². The monoisotopic (exact) mass is 528 g/mol. The number of hydrazone groups is 1. The lowest BCUT2D eigenvalue weighted by molar-refractivity contribution is -0.136. The SMILES string of the molecule is CCOc1cc([C@H]2NC(=O)NC(C)=C2C(=O)OC)ccc1OC[C@@H](O)N/N=C/c1cccc(OC)c1OC. The first kappa shape index (κ1) is 28.1. The summed E-state index contributed by atoms with van der Waals surface area (Å²) >= 11 is 0. The highest BCUT2D eigenvalue weighted by molar-refractivity contribution is 5.95. The topological polar surface area (TPSA) is 149 Å². The molecule has 4 N–H and O–H groups in total. The fraction of sp³-hybridized carbons (Fsp3) is 0.346. The van der Waals surface area contributed by atoms with Gasteiger partial charge in [-0.1, -0.05) is 12.1 Å². The van der Waals surface area contributed by atoms with E-state index in [0.29, 0.717) is 46.4 Å². The van der Waals surface area contributed by atoms with Gasteiger partial charge >= 0.3 is 12.0 Å². The third-order valence-electron chi connectivity index (χ3n) is 5.53. The number of methoxy groups -OCH3 is 3. The maximum atomic E-state index is 12.4. The van der Waals surface area contributed by atoms with Crippen molar-refractivity contribution in [1.82, 2.24) is 16.1 Å². The Kier molecular flexibility index (Phi) is 9.77. The normalized spacial score (nSPS) is 15.8. The van der Waals surface area contributed by atoms with E-state index in [1.807, 2.05) is 6.92 Å². The molecule has 0 fully saturated rings.